The molecule has 0 aromatic heterocycles. The van der Waals surface area contributed by atoms with E-state index in [9.17, 15) is 4.79 Å². The number of carbonyl (C=O) groups is 1. The first-order valence-corrected chi connectivity index (χ1v) is 5.57. The van der Waals surface area contributed by atoms with Crippen LogP contribution in [-0.4, -0.2) is 25.5 Å². The molecule has 0 aliphatic carbocycles. The molecule has 0 saturated heterocycles. The Labute approximate surface area is 100 Å². The lowest BCUT2D eigenvalue weighted by Crippen LogP contribution is -2.23. The van der Waals surface area contributed by atoms with Gasteiger partial charge in [0, 0.05) is 23.8 Å². The second-order valence-corrected chi connectivity index (χ2v) is 3.77. The average molecular weight is 242 g/mol. The summed E-state index contributed by atoms with van der Waals surface area (Å²) in [4.78, 5) is 11.2. The van der Waals surface area contributed by atoms with E-state index in [0.29, 0.717) is 10.6 Å². The van der Waals surface area contributed by atoms with Gasteiger partial charge in [-0.25, -0.2) is 0 Å². The highest BCUT2D eigenvalue weighted by molar-refractivity contribution is 6.31. The van der Waals surface area contributed by atoms with E-state index in [1.54, 1.807) is 18.2 Å². The molecule has 0 radical (unpaired) electrons. The molecule has 16 heavy (non-hydrogen) atoms. The second-order valence-electron chi connectivity index (χ2n) is 3.33. The Kier molecular flexibility index (Phi) is 5.08. The predicted octanol–water partition coefficient (Wildman–Crippen LogP) is 1.46. The number of anilines is 1. The Morgan fingerprint density at radius 3 is 2.81 bits per heavy atom. The van der Waals surface area contributed by atoms with Gasteiger partial charge in [0.15, 0.2) is 0 Å². The van der Waals surface area contributed by atoms with Crippen molar-refractivity contribution < 1.29 is 4.79 Å². The van der Waals surface area contributed by atoms with Crippen molar-refractivity contribution in [3.05, 3.63) is 28.8 Å². The maximum atomic E-state index is 11.2. The minimum Gasteiger partial charge on any atom is -0.383 e. The lowest BCUT2D eigenvalue weighted by Gasteiger charge is -2.10. The number of nitrogens with two attached hydrogens (primary N) is 1. The standard InChI is InChI=1S/C11H16ClN3O/c1-2-14-5-6-15-10-4-3-8(12)7-9(10)11(13)16/h3-4,7,14-15H,2,5-6H2,1H3,(H2,13,16). The fraction of sp³-hybridized carbons (Fsp3) is 0.364. The summed E-state index contributed by atoms with van der Waals surface area (Å²) < 4.78 is 0. The maximum absolute atomic E-state index is 11.2. The van der Waals surface area contributed by atoms with Gasteiger partial charge in [-0.1, -0.05) is 18.5 Å². The third kappa shape index (κ3) is 3.72. The molecular formula is C11H16ClN3O. The zero-order chi connectivity index (χ0) is 12.0. The first-order chi connectivity index (χ1) is 7.65. The average Bonchev–Trinajstić information content (AvgIpc) is 2.26. The lowest BCUT2D eigenvalue weighted by atomic mass is 10.1. The molecule has 0 bridgehead atoms. The van der Waals surface area contributed by atoms with Crippen molar-refractivity contribution in [3.8, 4) is 0 Å². The molecule has 0 heterocycles. The van der Waals surface area contributed by atoms with Crippen molar-refractivity contribution >= 4 is 23.2 Å². The highest BCUT2D eigenvalue weighted by atomic mass is 35.5. The summed E-state index contributed by atoms with van der Waals surface area (Å²) in [5.74, 6) is -0.478. The number of carbonyl (C=O) groups excluding carboxylic acids is 1. The van der Waals surface area contributed by atoms with Crippen LogP contribution in [-0.2, 0) is 0 Å². The molecule has 0 fully saturated rings. The van der Waals surface area contributed by atoms with E-state index in [1.165, 1.54) is 0 Å². The van der Waals surface area contributed by atoms with E-state index in [4.69, 9.17) is 17.3 Å². The van der Waals surface area contributed by atoms with Gasteiger partial charge < -0.3 is 16.4 Å². The van der Waals surface area contributed by atoms with Crippen LogP contribution in [0.25, 0.3) is 0 Å². The number of rotatable bonds is 6. The van der Waals surface area contributed by atoms with Crippen molar-refractivity contribution in [2.75, 3.05) is 25.0 Å². The summed E-state index contributed by atoms with van der Waals surface area (Å²) in [6.07, 6.45) is 0. The molecule has 1 rings (SSSR count). The highest BCUT2D eigenvalue weighted by Gasteiger charge is 2.07. The zero-order valence-electron chi connectivity index (χ0n) is 9.22. The summed E-state index contributed by atoms with van der Waals surface area (Å²) in [5, 5.41) is 6.81. The van der Waals surface area contributed by atoms with Crippen LogP contribution in [0.4, 0.5) is 5.69 Å². The molecule has 4 nitrogen and oxygen atoms in total. The third-order valence-electron chi connectivity index (χ3n) is 2.11. The minimum absolute atomic E-state index is 0.420. The van der Waals surface area contributed by atoms with Gasteiger partial charge in [-0.2, -0.15) is 0 Å². The smallest absolute Gasteiger partial charge is 0.250 e. The summed E-state index contributed by atoms with van der Waals surface area (Å²) in [5.41, 5.74) is 6.40. The van der Waals surface area contributed by atoms with Gasteiger partial charge in [0.25, 0.3) is 5.91 Å². The van der Waals surface area contributed by atoms with Crippen molar-refractivity contribution in [3.63, 3.8) is 0 Å². The Bertz CT molecular complexity index is 368. The second kappa shape index (κ2) is 6.35. The first kappa shape index (κ1) is 12.8. The van der Waals surface area contributed by atoms with Gasteiger partial charge in [-0.15, -0.1) is 0 Å². The molecule has 0 saturated carbocycles. The van der Waals surface area contributed by atoms with E-state index in [2.05, 4.69) is 10.6 Å². The third-order valence-corrected chi connectivity index (χ3v) is 2.35. The van der Waals surface area contributed by atoms with Crippen LogP contribution in [0.2, 0.25) is 5.02 Å². The summed E-state index contributed by atoms with van der Waals surface area (Å²) in [6.45, 7) is 4.52. The maximum Gasteiger partial charge on any atom is 0.250 e. The van der Waals surface area contributed by atoms with E-state index < -0.39 is 5.91 Å². The molecule has 4 N–H and O–H groups in total. The summed E-state index contributed by atoms with van der Waals surface area (Å²) in [7, 11) is 0. The van der Waals surface area contributed by atoms with Crippen LogP contribution in [0.1, 0.15) is 17.3 Å². The SMILES string of the molecule is CCNCCNc1ccc(Cl)cc1C(N)=O. The molecular weight excluding hydrogens is 226 g/mol. The molecule has 1 aromatic rings. The van der Waals surface area contributed by atoms with Crippen LogP contribution in [0.3, 0.4) is 0 Å². The fourth-order valence-electron chi connectivity index (χ4n) is 1.34. The van der Waals surface area contributed by atoms with Gasteiger partial charge >= 0.3 is 0 Å². The molecule has 5 heteroatoms. The van der Waals surface area contributed by atoms with E-state index in [-0.39, 0.29) is 0 Å². The molecule has 1 amide bonds. The first-order valence-electron chi connectivity index (χ1n) is 5.19. The van der Waals surface area contributed by atoms with Crippen molar-refractivity contribution in [2.45, 2.75) is 6.92 Å². The normalized spacial score (nSPS) is 10.1. The summed E-state index contributed by atoms with van der Waals surface area (Å²) >= 11 is 5.80. The van der Waals surface area contributed by atoms with Crippen LogP contribution < -0.4 is 16.4 Å². The number of benzene rings is 1. The number of hydrogen-bond donors (Lipinski definition) is 3. The van der Waals surface area contributed by atoms with E-state index >= 15 is 0 Å². The molecule has 0 aliphatic rings. The molecule has 0 spiro atoms. The highest BCUT2D eigenvalue weighted by Crippen LogP contribution is 2.19. The minimum atomic E-state index is -0.478. The summed E-state index contributed by atoms with van der Waals surface area (Å²) in [6, 6.07) is 5.05. The van der Waals surface area contributed by atoms with Crippen LogP contribution in [0, 0.1) is 0 Å². The van der Waals surface area contributed by atoms with Crippen molar-refractivity contribution in [1.82, 2.24) is 5.32 Å². The molecule has 0 atom stereocenters. The predicted molar refractivity (Wildman–Crippen MR) is 67.0 cm³/mol. The Balaban J connectivity index is 2.67. The Morgan fingerprint density at radius 1 is 1.44 bits per heavy atom. The number of primary amides is 1. The number of hydrogen-bond acceptors (Lipinski definition) is 3. The van der Waals surface area contributed by atoms with Gasteiger partial charge in [0.2, 0.25) is 0 Å². The zero-order valence-corrected chi connectivity index (χ0v) is 9.97. The monoisotopic (exact) mass is 241 g/mol. The van der Waals surface area contributed by atoms with Gasteiger partial charge in [-0.3, -0.25) is 4.79 Å². The topological polar surface area (TPSA) is 67.2 Å². The van der Waals surface area contributed by atoms with Crippen molar-refractivity contribution in [1.29, 1.82) is 0 Å². The quantitative estimate of drug-likeness (QED) is 0.661. The fourth-order valence-corrected chi connectivity index (χ4v) is 1.51. The number of nitrogens with one attached hydrogen (secondary N) is 2. The van der Waals surface area contributed by atoms with Gasteiger partial charge in [-0.05, 0) is 24.7 Å². The van der Waals surface area contributed by atoms with Crippen LogP contribution >= 0.6 is 11.6 Å². The van der Waals surface area contributed by atoms with Crippen molar-refractivity contribution in [2.24, 2.45) is 5.73 Å². The lowest BCUT2D eigenvalue weighted by molar-refractivity contribution is 0.100. The Morgan fingerprint density at radius 2 is 2.19 bits per heavy atom. The number of halogens is 1. The van der Waals surface area contributed by atoms with Gasteiger partial charge in [0.1, 0.15) is 0 Å². The molecule has 0 aliphatic heterocycles. The van der Waals surface area contributed by atoms with Gasteiger partial charge in [0.05, 0.1) is 5.56 Å². The van der Waals surface area contributed by atoms with Crippen LogP contribution in [0.15, 0.2) is 18.2 Å². The van der Waals surface area contributed by atoms with Crippen LogP contribution in [0.5, 0.6) is 0 Å². The molecule has 88 valence electrons. The van der Waals surface area contributed by atoms with E-state index in [1.807, 2.05) is 6.92 Å². The Hall–Kier alpha value is -1.26. The number of likely N-dealkylation sites (N-methyl/N-ethyl adjacent to an activating group) is 1. The molecule has 0 unspecified atom stereocenters. The largest absolute Gasteiger partial charge is 0.383 e. The van der Waals surface area contributed by atoms with E-state index in [0.717, 1.165) is 25.3 Å². The number of amides is 1. The molecule has 1 aromatic carbocycles.